The van der Waals surface area contributed by atoms with E-state index in [1.165, 1.54) is 9.42 Å². The average molecular weight is 338 g/mol. The Hall–Kier alpha value is -3.49. The molecule has 3 aromatic rings. The number of hydrogen-bond donors (Lipinski definition) is 1. The maximum atomic E-state index is 12.4. The van der Waals surface area contributed by atoms with E-state index >= 15 is 0 Å². The molecule has 0 fully saturated rings. The van der Waals surface area contributed by atoms with Gasteiger partial charge >= 0.3 is 0 Å². The summed E-state index contributed by atoms with van der Waals surface area (Å²) >= 11 is 0. The zero-order chi connectivity index (χ0) is 17.4. The topological polar surface area (TPSA) is 102 Å². The van der Waals surface area contributed by atoms with Crippen LogP contribution in [0.25, 0.3) is 5.78 Å². The van der Waals surface area contributed by atoms with Gasteiger partial charge < -0.3 is 4.74 Å². The smallest absolute Gasteiger partial charge is 0.268 e. The molecule has 1 aromatic carbocycles. The summed E-state index contributed by atoms with van der Waals surface area (Å²) < 4.78 is 7.01. The molecule has 2 aromatic heterocycles. The van der Waals surface area contributed by atoms with Crippen molar-refractivity contribution in [3.05, 3.63) is 42.7 Å². The molecule has 4 rings (SSSR count). The molecule has 0 radical (unpaired) electrons. The zero-order valence-electron chi connectivity index (χ0n) is 13.3. The predicted octanol–water partition coefficient (Wildman–Crippen LogP) is 0.877. The van der Waals surface area contributed by atoms with E-state index in [2.05, 4.69) is 20.4 Å². The molecule has 1 N–H and O–H groups in total. The van der Waals surface area contributed by atoms with Crippen molar-refractivity contribution in [2.24, 2.45) is 0 Å². The highest BCUT2D eigenvalue weighted by Crippen LogP contribution is 2.33. The lowest BCUT2D eigenvalue weighted by Crippen LogP contribution is -2.47. The van der Waals surface area contributed by atoms with Crippen molar-refractivity contribution < 1.29 is 14.3 Å². The fourth-order valence-corrected chi connectivity index (χ4v) is 2.62. The quantitative estimate of drug-likeness (QED) is 0.760. The van der Waals surface area contributed by atoms with Crippen molar-refractivity contribution in [1.82, 2.24) is 19.6 Å². The van der Waals surface area contributed by atoms with E-state index in [9.17, 15) is 9.59 Å². The average Bonchev–Trinajstić information content (AvgIpc) is 3.01. The van der Waals surface area contributed by atoms with Crippen molar-refractivity contribution in [1.29, 1.82) is 0 Å². The minimum absolute atomic E-state index is 0.130. The number of amides is 2. The Morgan fingerprint density at radius 2 is 2.16 bits per heavy atom. The molecule has 0 aliphatic carbocycles. The first-order valence-electron chi connectivity index (χ1n) is 7.66. The first kappa shape index (κ1) is 15.1. The summed E-state index contributed by atoms with van der Waals surface area (Å²) in [4.78, 5) is 34.3. The largest absolute Gasteiger partial charge is 0.479 e. The highest BCUT2D eigenvalue weighted by atomic mass is 16.5. The van der Waals surface area contributed by atoms with E-state index in [4.69, 9.17) is 4.74 Å². The molecule has 9 nitrogen and oxygen atoms in total. The van der Waals surface area contributed by atoms with E-state index in [-0.39, 0.29) is 18.4 Å². The van der Waals surface area contributed by atoms with Gasteiger partial charge in [0.1, 0.15) is 12.3 Å². The van der Waals surface area contributed by atoms with Crippen molar-refractivity contribution in [2.75, 3.05) is 16.8 Å². The van der Waals surface area contributed by atoms with Crippen LogP contribution in [-0.2, 0) is 9.59 Å². The molecule has 1 aliphatic heterocycles. The van der Waals surface area contributed by atoms with E-state index in [0.717, 1.165) is 0 Å². The molecule has 0 saturated heterocycles. The van der Waals surface area contributed by atoms with Crippen LogP contribution >= 0.6 is 0 Å². The molecular formula is C16H14N6O3. The van der Waals surface area contributed by atoms with E-state index in [0.29, 0.717) is 17.2 Å². The van der Waals surface area contributed by atoms with Gasteiger partial charge in [0.05, 0.1) is 5.69 Å². The number of hydrogen-bond acceptors (Lipinski definition) is 6. The van der Waals surface area contributed by atoms with Crippen LogP contribution in [0.5, 0.6) is 5.75 Å². The SMILES string of the molecule is CC1Oc2ccccc2N(CC(=O)Nc2nc3ncccn3n2)C1=O. The first-order chi connectivity index (χ1) is 12.1. The Labute approximate surface area is 142 Å². The molecular weight excluding hydrogens is 324 g/mol. The number of benzene rings is 1. The lowest BCUT2D eigenvalue weighted by molar-refractivity contribution is -0.127. The minimum Gasteiger partial charge on any atom is -0.479 e. The summed E-state index contributed by atoms with van der Waals surface area (Å²) in [5.74, 6) is 0.383. The van der Waals surface area contributed by atoms with Crippen LogP contribution in [0, 0.1) is 0 Å². The van der Waals surface area contributed by atoms with Crippen molar-refractivity contribution in [2.45, 2.75) is 13.0 Å². The third-order valence-corrected chi connectivity index (χ3v) is 3.74. The Kier molecular flexibility index (Phi) is 3.53. The summed E-state index contributed by atoms with van der Waals surface area (Å²) in [5, 5.41) is 6.70. The monoisotopic (exact) mass is 338 g/mol. The molecule has 1 atom stereocenters. The second-order valence-corrected chi connectivity index (χ2v) is 5.50. The molecule has 0 saturated carbocycles. The number of nitrogens with one attached hydrogen (secondary N) is 1. The van der Waals surface area contributed by atoms with Crippen LogP contribution in [0.1, 0.15) is 6.92 Å². The number of fused-ring (bicyclic) bond motifs is 2. The standard InChI is InChI=1S/C16H14N6O3/c1-10-14(24)21(11-5-2-3-6-12(11)25-10)9-13(23)18-15-19-16-17-7-4-8-22(16)20-15/h2-8,10H,9H2,1H3,(H,18,20,23). The third kappa shape index (κ3) is 2.75. The number of carbonyl (C=O) groups is 2. The van der Waals surface area contributed by atoms with Gasteiger partial charge in [0, 0.05) is 12.4 Å². The Morgan fingerprint density at radius 3 is 3.00 bits per heavy atom. The fraction of sp³-hybridized carbons (Fsp3) is 0.188. The molecule has 0 spiro atoms. The van der Waals surface area contributed by atoms with Gasteiger partial charge in [0.15, 0.2) is 6.10 Å². The van der Waals surface area contributed by atoms with Gasteiger partial charge in [-0.2, -0.15) is 4.98 Å². The van der Waals surface area contributed by atoms with Crippen LogP contribution in [0.2, 0.25) is 0 Å². The lowest BCUT2D eigenvalue weighted by Gasteiger charge is -2.32. The minimum atomic E-state index is -0.653. The number of anilines is 2. The van der Waals surface area contributed by atoms with Gasteiger partial charge in [0.25, 0.3) is 17.6 Å². The Bertz CT molecular complexity index is 936. The van der Waals surface area contributed by atoms with Crippen LogP contribution in [0.3, 0.4) is 0 Å². The van der Waals surface area contributed by atoms with E-state index in [1.54, 1.807) is 43.6 Å². The van der Waals surface area contributed by atoms with Gasteiger partial charge in [-0.05, 0) is 25.1 Å². The number of carbonyl (C=O) groups excluding carboxylic acids is 2. The Morgan fingerprint density at radius 1 is 1.32 bits per heavy atom. The second-order valence-electron chi connectivity index (χ2n) is 5.50. The molecule has 1 unspecified atom stereocenters. The van der Waals surface area contributed by atoms with Gasteiger partial charge in [-0.1, -0.05) is 12.1 Å². The first-order valence-corrected chi connectivity index (χ1v) is 7.66. The molecule has 126 valence electrons. The van der Waals surface area contributed by atoms with Gasteiger partial charge in [-0.15, -0.1) is 5.10 Å². The number of rotatable bonds is 3. The summed E-state index contributed by atoms with van der Waals surface area (Å²) in [6.07, 6.45) is 2.61. The summed E-state index contributed by atoms with van der Waals surface area (Å²) in [5.41, 5.74) is 0.561. The molecule has 2 amide bonds. The van der Waals surface area contributed by atoms with Crippen molar-refractivity contribution >= 4 is 29.2 Å². The van der Waals surface area contributed by atoms with Gasteiger partial charge in [0.2, 0.25) is 5.91 Å². The van der Waals surface area contributed by atoms with Gasteiger partial charge in [-0.3, -0.25) is 19.8 Å². The summed E-state index contributed by atoms with van der Waals surface area (Å²) in [7, 11) is 0. The zero-order valence-corrected chi connectivity index (χ0v) is 13.3. The van der Waals surface area contributed by atoms with Crippen LogP contribution in [-0.4, -0.2) is 44.0 Å². The molecule has 1 aliphatic rings. The second kappa shape index (κ2) is 5.86. The molecule has 25 heavy (non-hydrogen) atoms. The van der Waals surface area contributed by atoms with Crippen molar-refractivity contribution in [3.63, 3.8) is 0 Å². The highest BCUT2D eigenvalue weighted by molar-refractivity contribution is 6.05. The van der Waals surface area contributed by atoms with Crippen molar-refractivity contribution in [3.8, 4) is 5.75 Å². The Balaban J connectivity index is 1.54. The van der Waals surface area contributed by atoms with E-state index in [1.807, 2.05) is 6.07 Å². The highest BCUT2D eigenvalue weighted by Gasteiger charge is 2.32. The van der Waals surface area contributed by atoms with Crippen LogP contribution in [0.15, 0.2) is 42.7 Å². The third-order valence-electron chi connectivity index (χ3n) is 3.74. The number of aromatic nitrogens is 4. The lowest BCUT2D eigenvalue weighted by atomic mass is 10.2. The normalized spacial score (nSPS) is 16.4. The predicted molar refractivity (Wildman–Crippen MR) is 88.3 cm³/mol. The molecule has 9 heteroatoms. The number of para-hydroxylation sites is 2. The van der Waals surface area contributed by atoms with Gasteiger partial charge in [-0.25, -0.2) is 9.50 Å². The van der Waals surface area contributed by atoms with Crippen LogP contribution in [0.4, 0.5) is 11.6 Å². The van der Waals surface area contributed by atoms with E-state index < -0.39 is 12.0 Å². The molecule has 3 heterocycles. The number of nitrogens with zero attached hydrogens (tertiary/aromatic N) is 5. The maximum Gasteiger partial charge on any atom is 0.268 e. The number of ether oxygens (including phenoxy) is 1. The molecule has 0 bridgehead atoms. The summed E-state index contributed by atoms with van der Waals surface area (Å²) in [6, 6.07) is 8.80. The maximum absolute atomic E-state index is 12.4. The fourth-order valence-electron chi connectivity index (χ4n) is 2.62. The summed E-state index contributed by atoms with van der Waals surface area (Å²) in [6.45, 7) is 1.49. The van der Waals surface area contributed by atoms with Crippen LogP contribution < -0.4 is 15.0 Å².